The van der Waals surface area contributed by atoms with E-state index in [0.29, 0.717) is 34.9 Å². The highest BCUT2D eigenvalue weighted by molar-refractivity contribution is 6.31. The number of anilines is 3. The molecule has 1 aliphatic rings. The zero-order valence-electron chi connectivity index (χ0n) is 15.1. The van der Waals surface area contributed by atoms with E-state index in [-0.39, 0.29) is 17.7 Å². The van der Waals surface area contributed by atoms with Crippen LogP contribution >= 0.6 is 11.6 Å². The normalized spacial score (nSPS) is 14.2. The number of amides is 3. The van der Waals surface area contributed by atoms with Crippen molar-refractivity contribution < 1.29 is 14.4 Å². The summed E-state index contributed by atoms with van der Waals surface area (Å²) in [6.07, 6.45) is 0.964. The van der Waals surface area contributed by atoms with Gasteiger partial charge in [-0.3, -0.25) is 14.4 Å². The Kier molecular flexibility index (Phi) is 5.19. The summed E-state index contributed by atoms with van der Waals surface area (Å²) in [7, 11) is 0. The highest BCUT2D eigenvalue weighted by Crippen LogP contribution is 2.47. The van der Waals surface area contributed by atoms with Gasteiger partial charge in [0.05, 0.1) is 0 Å². The van der Waals surface area contributed by atoms with Crippen molar-refractivity contribution in [3.63, 3.8) is 0 Å². The Balaban J connectivity index is 1.72. The van der Waals surface area contributed by atoms with Gasteiger partial charge in [0.15, 0.2) is 0 Å². The lowest BCUT2D eigenvalue weighted by Crippen LogP contribution is -2.35. The van der Waals surface area contributed by atoms with Crippen LogP contribution in [0.2, 0.25) is 5.02 Å². The summed E-state index contributed by atoms with van der Waals surface area (Å²) in [6, 6.07) is 12.0. The number of hydrogen-bond acceptors (Lipinski definition) is 3. The van der Waals surface area contributed by atoms with E-state index in [1.54, 1.807) is 42.5 Å². The SMILES string of the molecule is CC(=O)Nc1cccc(NC(=O)C2(C(=O)Nc3cccc(Cl)c3C)CC2)c1. The Morgan fingerprint density at radius 3 is 2.15 bits per heavy atom. The van der Waals surface area contributed by atoms with Crippen molar-refractivity contribution >= 4 is 46.4 Å². The topological polar surface area (TPSA) is 87.3 Å². The average molecular weight is 386 g/mol. The highest BCUT2D eigenvalue weighted by Gasteiger charge is 2.56. The van der Waals surface area contributed by atoms with E-state index in [4.69, 9.17) is 11.6 Å². The van der Waals surface area contributed by atoms with E-state index in [0.717, 1.165) is 5.56 Å². The van der Waals surface area contributed by atoms with Crippen LogP contribution in [-0.2, 0) is 14.4 Å². The molecule has 7 heteroatoms. The zero-order valence-corrected chi connectivity index (χ0v) is 15.8. The number of carbonyl (C=O) groups is 3. The number of benzene rings is 2. The van der Waals surface area contributed by atoms with E-state index in [1.807, 2.05) is 6.92 Å². The van der Waals surface area contributed by atoms with Crippen molar-refractivity contribution in [3.8, 4) is 0 Å². The second-order valence-electron chi connectivity index (χ2n) is 6.66. The van der Waals surface area contributed by atoms with Crippen LogP contribution in [0.25, 0.3) is 0 Å². The fourth-order valence-electron chi connectivity index (χ4n) is 2.80. The molecule has 3 rings (SSSR count). The molecule has 0 atom stereocenters. The molecule has 1 aliphatic carbocycles. The quantitative estimate of drug-likeness (QED) is 0.680. The molecule has 1 saturated carbocycles. The van der Waals surface area contributed by atoms with Crippen LogP contribution in [-0.4, -0.2) is 17.7 Å². The van der Waals surface area contributed by atoms with Gasteiger partial charge in [-0.05, 0) is 55.7 Å². The maximum absolute atomic E-state index is 12.7. The van der Waals surface area contributed by atoms with Crippen LogP contribution in [0, 0.1) is 12.3 Å². The van der Waals surface area contributed by atoms with Crippen LogP contribution < -0.4 is 16.0 Å². The van der Waals surface area contributed by atoms with Gasteiger partial charge < -0.3 is 16.0 Å². The minimum absolute atomic E-state index is 0.201. The molecule has 0 saturated heterocycles. The molecule has 3 amide bonds. The third-order valence-corrected chi connectivity index (χ3v) is 4.99. The Bertz CT molecular complexity index is 922. The Morgan fingerprint density at radius 1 is 0.926 bits per heavy atom. The number of rotatable bonds is 5. The molecule has 0 unspecified atom stereocenters. The number of hydrogen-bond donors (Lipinski definition) is 3. The molecule has 0 spiro atoms. The van der Waals surface area contributed by atoms with Gasteiger partial charge in [0.2, 0.25) is 17.7 Å². The first-order valence-electron chi connectivity index (χ1n) is 8.57. The van der Waals surface area contributed by atoms with Gasteiger partial charge in [-0.15, -0.1) is 0 Å². The van der Waals surface area contributed by atoms with Crippen LogP contribution in [0.1, 0.15) is 25.3 Å². The first-order valence-corrected chi connectivity index (χ1v) is 8.95. The second kappa shape index (κ2) is 7.40. The van der Waals surface area contributed by atoms with Gasteiger partial charge in [0.1, 0.15) is 5.41 Å². The van der Waals surface area contributed by atoms with Crippen molar-refractivity contribution in [1.82, 2.24) is 0 Å². The molecule has 1 fully saturated rings. The summed E-state index contributed by atoms with van der Waals surface area (Å²) < 4.78 is 0. The summed E-state index contributed by atoms with van der Waals surface area (Å²) in [4.78, 5) is 36.6. The van der Waals surface area contributed by atoms with E-state index in [2.05, 4.69) is 16.0 Å². The maximum Gasteiger partial charge on any atom is 0.240 e. The van der Waals surface area contributed by atoms with Gasteiger partial charge in [0, 0.05) is 29.0 Å². The van der Waals surface area contributed by atoms with Crippen molar-refractivity contribution in [2.75, 3.05) is 16.0 Å². The predicted molar refractivity (Wildman–Crippen MR) is 106 cm³/mol. The number of carbonyl (C=O) groups excluding carboxylic acids is 3. The van der Waals surface area contributed by atoms with Crippen LogP contribution in [0.5, 0.6) is 0 Å². The smallest absolute Gasteiger partial charge is 0.240 e. The Hall–Kier alpha value is -2.86. The highest BCUT2D eigenvalue weighted by atomic mass is 35.5. The van der Waals surface area contributed by atoms with E-state index in [9.17, 15) is 14.4 Å². The first-order chi connectivity index (χ1) is 12.8. The third kappa shape index (κ3) is 4.11. The van der Waals surface area contributed by atoms with Crippen molar-refractivity contribution in [1.29, 1.82) is 0 Å². The fraction of sp³-hybridized carbons (Fsp3) is 0.250. The Morgan fingerprint density at radius 2 is 1.52 bits per heavy atom. The zero-order chi connectivity index (χ0) is 19.6. The lowest BCUT2D eigenvalue weighted by atomic mass is 10.0. The van der Waals surface area contributed by atoms with Gasteiger partial charge in [0.25, 0.3) is 0 Å². The molecule has 0 aliphatic heterocycles. The molecule has 0 bridgehead atoms. The minimum Gasteiger partial charge on any atom is -0.326 e. The second-order valence-corrected chi connectivity index (χ2v) is 7.07. The molecule has 3 N–H and O–H groups in total. The predicted octanol–water partition coefficient (Wildman–Crippen LogP) is 3.96. The van der Waals surface area contributed by atoms with Gasteiger partial charge in [-0.25, -0.2) is 0 Å². The molecule has 0 radical (unpaired) electrons. The molecule has 2 aromatic rings. The van der Waals surface area contributed by atoms with Crippen molar-refractivity contribution in [2.45, 2.75) is 26.7 Å². The summed E-state index contributed by atoms with van der Waals surface area (Å²) in [6.45, 7) is 3.22. The van der Waals surface area contributed by atoms with Crippen molar-refractivity contribution in [3.05, 3.63) is 53.1 Å². The monoisotopic (exact) mass is 385 g/mol. The molecule has 0 heterocycles. The van der Waals surface area contributed by atoms with Crippen molar-refractivity contribution in [2.24, 2.45) is 5.41 Å². The lowest BCUT2D eigenvalue weighted by molar-refractivity contribution is -0.131. The largest absolute Gasteiger partial charge is 0.326 e. The first kappa shape index (κ1) is 18.9. The standard InChI is InChI=1S/C20H20ClN3O3/c1-12-16(21)7-4-8-17(12)24-19(27)20(9-10-20)18(26)23-15-6-3-5-14(11-15)22-13(2)25/h3-8,11H,9-10H2,1-2H3,(H,22,25)(H,23,26)(H,24,27). The number of halogens is 1. The molecular weight excluding hydrogens is 366 g/mol. The average Bonchev–Trinajstić information content (AvgIpc) is 3.41. The summed E-state index contributed by atoms with van der Waals surface area (Å²) in [5.74, 6) is -0.906. The van der Waals surface area contributed by atoms with Gasteiger partial charge in [-0.1, -0.05) is 23.7 Å². The van der Waals surface area contributed by atoms with E-state index >= 15 is 0 Å². The molecule has 6 nitrogen and oxygen atoms in total. The van der Waals surface area contributed by atoms with Crippen LogP contribution in [0.4, 0.5) is 17.1 Å². The Labute approximate surface area is 162 Å². The van der Waals surface area contributed by atoms with E-state index < -0.39 is 5.41 Å². The molecule has 0 aromatic heterocycles. The maximum atomic E-state index is 12.7. The van der Waals surface area contributed by atoms with E-state index in [1.165, 1.54) is 6.92 Å². The fourth-order valence-corrected chi connectivity index (χ4v) is 2.97. The molecule has 2 aromatic carbocycles. The van der Waals surface area contributed by atoms with Gasteiger partial charge in [-0.2, -0.15) is 0 Å². The van der Waals surface area contributed by atoms with Gasteiger partial charge >= 0.3 is 0 Å². The molecular formula is C20H20ClN3O3. The molecule has 140 valence electrons. The van der Waals surface area contributed by atoms with Crippen LogP contribution in [0.15, 0.2) is 42.5 Å². The summed E-state index contributed by atoms with van der Waals surface area (Å²) in [5, 5.41) is 8.80. The lowest BCUT2D eigenvalue weighted by Gasteiger charge is -2.17. The minimum atomic E-state index is -1.08. The third-order valence-electron chi connectivity index (χ3n) is 4.58. The summed E-state index contributed by atoms with van der Waals surface area (Å²) >= 11 is 6.09. The summed E-state index contributed by atoms with van der Waals surface area (Å²) in [5.41, 5.74) is 1.36. The molecule has 27 heavy (non-hydrogen) atoms. The number of nitrogens with one attached hydrogen (secondary N) is 3. The van der Waals surface area contributed by atoms with Crippen LogP contribution in [0.3, 0.4) is 0 Å².